The predicted molar refractivity (Wildman–Crippen MR) is 100 cm³/mol. The molecule has 0 saturated carbocycles. The fourth-order valence-corrected chi connectivity index (χ4v) is 3.35. The van der Waals surface area contributed by atoms with Gasteiger partial charge >= 0.3 is 6.03 Å². The van der Waals surface area contributed by atoms with E-state index in [0.29, 0.717) is 10.7 Å². The average Bonchev–Trinajstić information content (AvgIpc) is 2.61. The van der Waals surface area contributed by atoms with E-state index in [1.807, 2.05) is 19.1 Å². The highest BCUT2D eigenvalue weighted by atomic mass is 35.5. The minimum atomic E-state index is -3.72. The molecule has 0 saturated heterocycles. The molecule has 140 valence electrons. The molecule has 0 aliphatic rings. The molecule has 0 heterocycles. The van der Waals surface area contributed by atoms with Crippen molar-refractivity contribution in [1.82, 2.24) is 9.79 Å². The van der Waals surface area contributed by atoms with E-state index in [2.05, 4.69) is 10.6 Å². The van der Waals surface area contributed by atoms with Crippen LogP contribution in [0.4, 0.5) is 10.5 Å². The number of hydrogen-bond acceptors (Lipinski definition) is 4. The van der Waals surface area contributed by atoms with Gasteiger partial charge in [-0.3, -0.25) is 4.84 Å². The summed E-state index contributed by atoms with van der Waals surface area (Å²) in [6.07, 6.45) is 0. The van der Waals surface area contributed by atoms with Gasteiger partial charge in [0.15, 0.2) is 0 Å². The number of carbonyl (C=O) groups excluding carboxylic acids is 1. The number of rotatable bonds is 6. The molecule has 0 bridgehead atoms. The van der Waals surface area contributed by atoms with Crippen LogP contribution in [0.1, 0.15) is 18.5 Å². The van der Waals surface area contributed by atoms with Crippen LogP contribution in [0, 0.1) is 0 Å². The topological polar surface area (TPSA) is 87.7 Å². The van der Waals surface area contributed by atoms with Crippen LogP contribution in [0.5, 0.6) is 0 Å². The summed E-state index contributed by atoms with van der Waals surface area (Å²) in [6.45, 7) is 1.83. The van der Waals surface area contributed by atoms with Gasteiger partial charge < -0.3 is 10.6 Å². The maximum atomic E-state index is 12.1. The average molecular weight is 398 g/mol. The molecule has 0 spiro atoms. The summed E-state index contributed by atoms with van der Waals surface area (Å²) in [7, 11) is -1.16. The Morgan fingerprint density at radius 2 is 1.85 bits per heavy atom. The van der Waals surface area contributed by atoms with Crippen molar-refractivity contribution in [2.75, 3.05) is 19.5 Å². The Hall–Kier alpha value is -2.13. The van der Waals surface area contributed by atoms with Crippen molar-refractivity contribution in [3.8, 4) is 0 Å². The molecule has 2 aromatic carbocycles. The minimum Gasteiger partial charge on any atom is -0.331 e. The van der Waals surface area contributed by atoms with Crippen molar-refractivity contribution in [2.45, 2.75) is 17.9 Å². The van der Waals surface area contributed by atoms with E-state index < -0.39 is 16.1 Å². The van der Waals surface area contributed by atoms with E-state index >= 15 is 0 Å². The second-order valence-electron chi connectivity index (χ2n) is 5.50. The Labute approximate surface area is 157 Å². The number of amides is 2. The maximum Gasteiger partial charge on any atom is 0.319 e. The molecule has 0 aliphatic carbocycles. The number of carbonyl (C=O) groups is 1. The zero-order valence-corrected chi connectivity index (χ0v) is 16.1. The molecule has 9 heteroatoms. The van der Waals surface area contributed by atoms with Gasteiger partial charge in [0.25, 0.3) is 10.0 Å². The van der Waals surface area contributed by atoms with E-state index in [4.69, 9.17) is 16.4 Å². The number of nitrogens with zero attached hydrogens (tertiary/aromatic N) is 1. The highest BCUT2D eigenvalue weighted by Crippen LogP contribution is 2.19. The predicted octanol–water partition coefficient (Wildman–Crippen LogP) is 3.40. The molecule has 0 aromatic heterocycles. The summed E-state index contributed by atoms with van der Waals surface area (Å²) in [6, 6.07) is 12.3. The van der Waals surface area contributed by atoms with Gasteiger partial charge in [0.2, 0.25) is 0 Å². The van der Waals surface area contributed by atoms with Crippen molar-refractivity contribution in [3.05, 3.63) is 59.1 Å². The van der Waals surface area contributed by atoms with Gasteiger partial charge in [-0.05, 0) is 48.9 Å². The van der Waals surface area contributed by atoms with Crippen LogP contribution < -0.4 is 10.6 Å². The first kappa shape index (κ1) is 20.2. The second kappa shape index (κ2) is 8.50. The molecule has 26 heavy (non-hydrogen) atoms. The molecule has 2 N–H and O–H groups in total. The van der Waals surface area contributed by atoms with Crippen molar-refractivity contribution < 1.29 is 18.0 Å². The fourth-order valence-electron chi connectivity index (χ4n) is 2.18. The van der Waals surface area contributed by atoms with Gasteiger partial charge in [0.1, 0.15) is 0 Å². The fraction of sp³-hybridized carbons (Fsp3) is 0.235. The van der Waals surface area contributed by atoms with E-state index in [0.717, 1.165) is 10.0 Å². The molecular formula is C17H20ClN3O4S. The number of hydrogen-bond donors (Lipinski definition) is 2. The van der Waals surface area contributed by atoms with Crippen LogP contribution in [-0.2, 0) is 14.9 Å². The number of sulfonamides is 1. The lowest BCUT2D eigenvalue weighted by molar-refractivity contribution is -0.0258. The van der Waals surface area contributed by atoms with E-state index in [-0.39, 0.29) is 10.9 Å². The number of benzene rings is 2. The van der Waals surface area contributed by atoms with Crippen LogP contribution in [0.2, 0.25) is 5.02 Å². The summed E-state index contributed by atoms with van der Waals surface area (Å²) in [5, 5.41) is 6.04. The zero-order chi connectivity index (χ0) is 19.3. The molecule has 0 fully saturated rings. The Morgan fingerprint density at radius 1 is 1.19 bits per heavy atom. The molecule has 2 amide bonds. The number of urea groups is 1. The molecule has 1 unspecified atom stereocenters. The molecular weight excluding hydrogens is 378 g/mol. The van der Waals surface area contributed by atoms with Crippen LogP contribution in [0.3, 0.4) is 0 Å². The van der Waals surface area contributed by atoms with E-state index in [1.54, 1.807) is 12.1 Å². The maximum absolute atomic E-state index is 12.1. The van der Waals surface area contributed by atoms with Crippen LogP contribution in [-0.4, -0.2) is 33.1 Å². The molecule has 2 aromatic rings. The Bertz CT molecular complexity index is 872. The minimum absolute atomic E-state index is 0.0557. The third kappa shape index (κ3) is 4.95. The largest absolute Gasteiger partial charge is 0.331 e. The van der Waals surface area contributed by atoms with Gasteiger partial charge in [-0.15, -0.1) is 0 Å². The third-order valence-corrected chi connectivity index (χ3v) is 5.63. The van der Waals surface area contributed by atoms with Gasteiger partial charge in [0, 0.05) is 17.8 Å². The summed E-state index contributed by atoms with van der Waals surface area (Å²) in [5.74, 6) is 0. The molecule has 2 rings (SSSR count). The molecule has 1 atom stereocenters. The highest BCUT2D eigenvalue weighted by molar-refractivity contribution is 7.89. The first-order chi connectivity index (χ1) is 12.2. The van der Waals surface area contributed by atoms with Crippen LogP contribution in [0.25, 0.3) is 0 Å². The SMILES string of the molecule is CON(C)S(=O)(=O)c1ccc(NC(=O)NC(C)c2cccc(Cl)c2)cc1. The Balaban J connectivity index is 2.01. The summed E-state index contributed by atoms with van der Waals surface area (Å²) < 4.78 is 25.0. The number of hydroxylamine groups is 1. The third-order valence-electron chi connectivity index (χ3n) is 3.70. The van der Waals surface area contributed by atoms with Crippen molar-refractivity contribution in [2.24, 2.45) is 0 Å². The standard InChI is InChI=1S/C17H20ClN3O4S/c1-12(13-5-4-6-14(18)11-13)19-17(22)20-15-7-9-16(10-8-15)26(23,24)21(2)25-3/h4-12H,1-3H3,(H2,19,20,22). The van der Waals surface area contributed by atoms with Crippen LogP contribution in [0.15, 0.2) is 53.4 Å². The summed E-state index contributed by atoms with van der Waals surface area (Å²) >= 11 is 5.95. The lowest BCUT2D eigenvalue weighted by atomic mass is 10.1. The number of halogens is 1. The smallest absolute Gasteiger partial charge is 0.319 e. The Morgan fingerprint density at radius 3 is 2.42 bits per heavy atom. The first-order valence-electron chi connectivity index (χ1n) is 7.70. The normalized spacial score (nSPS) is 12.7. The van der Waals surface area contributed by atoms with Gasteiger partial charge in [0.05, 0.1) is 18.0 Å². The highest BCUT2D eigenvalue weighted by Gasteiger charge is 2.20. The second-order valence-corrected chi connectivity index (χ2v) is 7.87. The molecule has 0 aliphatic heterocycles. The lowest BCUT2D eigenvalue weighted by Crippen LogP contribution is -2.31. The van der Waals surface area contributed by atoms with E-state index in [1.165, 1.54) is 38.4 Å². The van der Waals surface area contributed by atoms with Gasteiger partial charge in [-0.2, -0.15) is 0 Å². The number of nitrogens with one attached hydrogen (secondary N) is 2. The van der Waals surface area contributed by atoms with Crippen molar-refractivity contribution in [3.63, 3.8) is 0 Å². The Kier molecular flexibility index (Phi) is 6.60. The summed E-state index contributed by atoms with van der Waals surface area (Å²) in [5.41, 5.74) is 1.33. The monoisotopic (exact) mass is 397 g/mol. The van der Waals surface area contributed by atoms with Crippen LogP contribution >= 0.6 is 11.6 Å². The summed E-state index contributed by atoms with van der Waals surface area (Å²) in [4.78, 5) is 16.9. The quantitative estimate of drug-likeness (QED) is 0.731. The first-order valence-corrected chi connectivity index (χ1v) is 9.52. The molecule has 7 nitrogen and oxygen atoms in total. The van der Waals surface area contributed by atoms with Gasteiger partial charge in [-0.25, -0.2) is 13.2 Å². The van der Waals surface area contributed by atoms with Gasteiger partial charge in [-0.1, -0.05) is 28.2 Å². The zero-order valence-electron chi connectivity index (χ0n) is 14.6. The molecule has 0 radical (unpaired) electrons. The lowest BCUT2D eigenvalue weighted by Gasteiger charge is -2.16. The number of anilines is 1. The van der Waals surface area contributed by atoms with E-state index in [9.17, 15) is 13.2 Å². The van der Waals surface area contributed by atoms with Crippen molar-refractivity contribution >= 4 is 33.3 Å². The van der Waals surface area contributed by atoms with Crippen molar-refractivity contribution in [1.29, 1.82) is 0 Å².